The number of ether oxygens (including phenoxy) is 1. The SMILES string of the molecule is Cc1nc([C@@H]2COCCN2C(=O)c2cnc(N(C)C)nc2)cc(=O)[nH]1. The van der Waals surface area contributed by atoms with Crippen LogP contribution in [0.25, 0.3) is 0 Å². The minimum Gasteiger partial charge on any atom is -0.377 e. The molecule has 0 spiro atoms. The highest BCUT2D eigenvalue weighted by molar-refractivity contribution is 5.94. The second-order valence-corrected chi connectivity index (χ2v) is 6.01. The third-order valence-electron chi connectivity index (χ3n) is 3.90. The number of aromatic amines is 1. The average Bonchev–Trinajstić information content (AvgIpc) is 2.60. The Morgan fingerprint density at radius 1 is 1.36 bits per heavy atom. The van der Waals surface area contributed by atoms with Crippen molar-refractivity contribution in [3.05, 3.63) is 45.9 Å². The first-order valence-electron chi connectivity index (χ1n) is 7.91. The topological polar surface area (TPSA) is 104 Å². The number of aromatic nitrogens is 4. The maximum Gasteiger partial charge on any atom is 0.257 e. The molecule has 9 nitrogen and oxygen atoms in total. The van der Waals surface area contributed by atoms with E-state index in [1.807, 2.05) is 14.1 Å². The molecule has 1 saturated heterocycles. The van der Waals surface area contributed by atoms with Gasteiger partial charge in [0, 0.05) is 39.1 Å². The first-order chi connectivity index (χ1) is 12.0. The van der Waals surface area contributed by atoms with E-state index in [1.54, 1.807) is 16.7 Å². The van der Waals surface area contributed by atoms with Gasteiger partial charge in [-0.05, 0) is 6.92 Å². The van der Waals surface area contributed by atoms with E-state index in [2.05, 4.69) is 19.9 Å². The van der Waals surface area contributed by atoms with Crippen LogP contribution in [0.3, 0.4) is 0 Å². The zero-order valence-corrected chi connectivity index (χ0v) is 14.4. The van der Waals surface area contributed by atoms with E-state index in [4.69, 9.17) is 4.74 Å². The Kier molecular flexibility index (Phi) is 4.75. The summed E-state index contributed by atoms with van der Waals surface area (Å²) in [6, 6.07) is 0.980. The second kappa shape index (κ2) is 6.98. The maximum atomic E-state index is 12.9. The van der Waals surface area contributed by atoms with Crippen molar-refractivity contribution in [2.45, 2.75) is 13.0 Å². The van der Waals surface area contributed by atoms with Crippen LogP contribution in [0.2, 0.25) is 0 Å². The number of amides is 1. The molecule has 25 heavy (non-hydrogen) atoms. The van der Waals surface area contributed by atoms with Crippen molar-refractivity contribution in [1.82, 2.24) is 24.8 Å². The molecule has 1 aliphatic heterocycles. The number of carbonyl (C=O) groups is 1. The second-order valence-electron chi connectivity index (χ2n) is 6.01. The Labute approximate surface area is 144 Å². The van der Waals surface area contributed by atoms with Gasteiger partial charge in [0.15, 0.2) is 0 Å². The van der Waals surface area contributed by atoms with Crippen LogP contribution in [0.1, 0.15) is 27.9 Å². The van der Waals surface area contributed by atoms with Gasteiger partial charge in [-0.3, -0.25) is 9.59 Å². The van der Waals surface area contributed by atoms with Gasteiger partial charge in [0.25, 0.3) is 11.5 Å². The number of morpholine rings is 1. The van der Waals surface area contributed by atoms with E-state index >= 15 is 0 Å². The third kappa shape index (κ3) is 3.66. The zero-order chi connectivity index (χ0) is 18.0. The molecule has 1 fully saturated rings. The molecule has 0 unspecified atom stereocenters. The third-order valence-corrected chi connectivity index (χ3v) is 3.90. The van der Waals surface area contributed by atoms with Gasteiger partial charge in [-0.2, -0.15) is 0 Å². The molecule has 9 heteroatoms. The molecule has 0 radical (unpaired) electrons. The number of rotatable bonds is 3. The Balaban J connectivity index is 1.89. The molecule has 1 N–H and O–H groups in total. The summed E-state index contributed by atoms with van der Waals surface area (Å²) in [4.78, 5) is 43.4. The van der Waals surface area contributed by atoms with Crippen molar-refractivity contribution in [3.63, 3.8) is 0 Å². The molecule has 0 saturated carbocycles. The van der Waals surface area contributed by atoms with Crippen molar-refractivity contribution < 1.29 is 9.53 Å². The molecular weight excluding hydrogens is 324 g/mol. The van der Waals surface area contributed by atoms with Crippen molar-refractivity contribution >= 4 is 11.9 Å². The lowest BCUT2D eigenvalue weighted by Crippen LogP contribution is -2.44. The number of nitrogens with zero attached hydrogens (tertiary/aromatic N) is 5. The lowest BCUT2D eigenvalue weighted by Gasteiger charge is -2.35. The molecule has 0 aliphatic carbocycles. The fourth-order valence-corrected chi connectivity index (χ4v) is 2.69. The fourth-order valence-electron chi connectivity index (χ4n) is 2.69. The quantitative estimate of drug-likeness (QED) is 0.845. The number of carbonyl (C=O) groups excluding carboxylic acids is 1. The van der Waals surface area contributed by atoms with Gasteiger partial charge >= 0.3 is 0 Å². The number of hydrogen-bond donors (Lipinski definition) is 1. The predicted molar refractivity (Wildman–Crippen MR) is 90.6 cm³/mol. The van der Waals surface area contributed by atoms with Crippen LogP contribution in [-0.4, -0.2) is 64.6 Å². The molecule has 1 amide bonds. The summed E-state index contributed by atoms with van der Waals surface area (Å²) < 4.78 is 5.50. The van der Waals surface area contributed by atoms with Gasteiger partial charge in [-0.25, -0.2) is 15.0 Å². The Hall–Kier alpha value is -2.81. The summed E-state index contributed by atoms with van der Waals surface area (Å²) >= 11 is 0. The van der Waals surface area contributed by atoms with Gasteiger partial charge in [0.05, 0.1) is 30.5 Å². The van der Waals surface area contributed by atoms with Gasteiger partial charge < -0.3 is 19.5 Å². The van der Waals surface area contributed by atoms with Crippen LogP contribution in [0.4, 0.5) is 5.95 Å². The molecule has 0 aromatic carbocycles. The van der Waals surface area contributed by atoms with Crippen LogP contribution in [0.5, 0.6) is 0 Å². The monoisotopic (exact) mass is 344 g/mol. The summed E-state index contributed by atoms with van der Waals surface area (Å²) in [5.41, 5.74) is 0.651. The summed E-state index contributed by atoms with van der Waals surface area (Å²) in [6.45, 7) is 2.83. The standard InChI is InChI=1S/C16H20N6O3/c1-10-19-12(6-14(23)20-10)13-9-25-5-4-22(13)15(24)11-7-17-16(18-8-11)21(2)3/h6-8,13H,4-5,9H2,1-3H3,(H,19,20,23)/t13-/m0/s1. The average molecular weight is 344 g/mol. The molecule has 3 rings (SSSR count). The fraction of sp³-hybridized carbons (Fsp3) is 0.438. The molecule has 3 heterocycles. The van der Waals surface area contributed by atoms with Gasteiger partial charge in [0.2, 0.25) is 5.95 Å². The zero-order valence-electron chi connectivity index (χ0n) is 14.4. The highest BCUT2D eigenvalue weighted by Gasteiger charge is 2.31. The van der Waals surface area contributed by atoms with Crippen LogP contribution in [-0.2, 0) is 4.74 Å². The van der Waals surface area contributed by atoms with Gasteiger partial charge in [-0.15, -0.1) is 0 Å². The summed E-state index contributed by atoms with van der Waals surface area (Å²) in [7, 11) is 3.66. The molecule has 1 atom stereocenters. The summed E-state index contributed by atoms with van der Waals surface area (Å²) in [5.74, 6) is 0.819. The van der Waals surface area contributed by atoms with Crippen LogP contribution in [0.15, 0.2) is 23.3 Å². The lowest BCUT2D eigenvalue weighted by atomic mass is 10.1. The smallest absolute Gasteiger partial charge is 0.257 e. The molecule has 2 aromatic heterocycles. The van der Waals surface area contributed by atoms with Gasteiger partial charge in [0.1, 0.15) is 5.82 Å². The minimum atomic E-state index is -0.421. The number of H-pyrrole nitrogens is 1. The lowest BCUT2D eigenvalue weighted by molar-refractivity contribution is -0.00405. The Morgan fingerprint density at radius 3 is 2.72 bits per heavy atom. The molecule has 1 aliphatic rings. The molecular formula is C16H20N6O3. The van der Waals surface area contributed by atoms with Crippen LogP contribution in [0, 0.1) is 6.92 Å². The van der Waals surface area contributed by atoms with E-state index in [1.165, 1.54) is 18.5 Å². The number of anilines is 1. The number of hydrogen-bond acceptors (Lipinski definition) is 7. The Bertz CT molecular complexity index is 817. The highest BCUT2D eigenvalue weighted by Crippen LogP contribution is 2.24. The number of aryl methyl sites for hydroxylation is 1. The molecule has 2 aromatic rings. The molecule has 132 valence electrons. The first-order valence-corrected chi connectivity index (χ1v) is 7.91. The van der Waals surface area contributed by atoms with E-state index in [0.29, 0.717) is 36.2 Å². The predicted octanol–water partition coefficient (Wildman–Crippen LogP) is 0.148. The maximum absolute atomic E-state index is 12.9. The van der Waals surface area contributed by atoms with E-state index < -0.39 is 6.04 Å². The summed E-state index contributed by atoms with van der Waals surface area (Å²) in [6.07, 6.45) is 3.02. The van der Waals surface area contributed by atoms with Crippen LogP contribution < -0.4 is 10.5 Å². The Morgan fingerprint density at radius 2 is 2.08 bits per heavy atom. The summed E-state index contributed by atoms with van der Waals surface area (Å²) in [5, 5.41) is 0. The van der Waals surface area contributed by atoms with Crippen molar-refractivity contribution in [3.8, 4) is 0 Å². The van der Waals surface area contributed by atoms with E-state index in [-0.39, 0.29) is 18.1 Å². The van der Waals surface area contributed by atoms with E-state index in [0.717, 1.165) is 0 Å². The highest BCUT2D eigenvalue weighted by atomic mass is 16.5. The minimum absolute atomic E-state index is 0.210. The number of nitrogens with one attached hydrogen (secondary N) is 1. The van der Waals surface area contributed by atoms with Crippen molar-refractivity contribution in [2.75, 3.05) is 38.8 Å². The van der Waals surface area contributed by atoms with Crippen LogP contribution >= 0.6 is 0 Å². The van der Waals surface area contributed by atoms with Crippen molar-refractivity contribution in [2.24, 2.45) is 0 Å². The first kappa shape index (κ1) is 17.0. The van der Waals surface area contributed by atoms with Crippen molar-refractivity contribution in [1.29, 1.82) is 0 Å². The normalized spacial score (nSPS) is 17.4. The van der Waals surface area contributed by atoms with Gasteiger partial charge in [-0.1, -0.05) is 0 Å². The molecule has 0 bridgehead atoms. The largest absolute Gasteiger partial charge is 0.377 e. The van der Waals surface area contributed by atoms with E-state index in [9.17, 15) is 9.59 Å².